The third-order valence-corrected chi connectivity index (χ3v) is 5.92. The summed E-state index contributed by atoms with van der Waals surface area (Å²) in [6, 6.07) is 13.5. The van der Waals surface area contributed by atoms with Crippen LogP contribution < -0.4 is 5.32 Å². The normalized spacial score (nSPS) is 27.5. The summed E-state index contributed by atoms with van der Waals surface area (Å²) in [5, 5.41) is 3.54. The first-order valence-corrected chi connectivity index (χ1v) is 9.07. The summed E-state index contributed by atoms with van der Waals surface area (Å²) in [5.74, 6) is -0.291. The van der Waals surface area contributed by atoms with E-state index in [0.29, 0.717) is 17.1 Å². The molecule has 134 valence electrons. The quantitative estimate of drug-likeness (QED) is 0.870. The Morgan fingerprint density at radius 2 is 1.96 bits per heavy atom. The molecule has 1 N–H and O–H groups in total. The summed E-state index contributed by atoms with van der Waals surface area (Å²) < 4.78 is 5.72. The molecule has 3 atom stereocenters. The van der Waals surface area contributed by atoms with Crippen molar-refractivity contribution < 1.29 is 14.3 Å². The molecule has 2 aromatic carbocycles. The number of amides is 1. The number of hydrogen-bond donors (Lipinski definition) is 1. The van der Waals surface area contributed by atoms with Gasteiger partial charge < -0.3 is 10.1 Å². The van der Waals surface area contributed by atoms with Crippen LogP contribution in [0.25, 0.3) is 0 Å². The average Bonchev–Trinajstić information content (AvgIpc) is 2.88. The van der Waals surface area contributed by atoms with Crippen LogP contribution in [-0.4, -0.2) is 24.9 Å². The molecule has 0 unspecified atom stereocenters. The predicted octanol–water partition coefficient (Wildman–Crippen LogP) is 4.00. The van der Waals surface area contributed by atoms with Crippen LogP contribution in [-0.2, 0) is 19.7 Å². The summed E-state index contributed by atoms with van der Waals surface area (Å²) in [6.45, 7) is 2.01. The SMILES string of the molecule is CO[C@H]1CC(=O)C[C@@H](c2cccc(C)c2)[C@]12C(=O)Nc1cc(Cl)ccc12. The third kappa shape index (κ3) is 2.40. The molecular weight excluding hydrogens is 350 g/mol. The minimum atomic E-state index is -0.934. The maximum atomic E-state index is 13.3. The number of halogens is 1. The maximum Gasteiger partial charge on any atom is 0.238 e. The van der Waals surface area contributed by atoms with Crippen molar-refractivity contribution in [3.63, 3.8) is 0 Å². The topological polar surface area (TPSA) is 55.4 Å². The summed E-state index contributed by atoms with van der Waals surface area (Å²) >= 11 is 6.13. The van der Waals surface area contributed by atoms with Crippen molar-refractivity contribution in [2.45, 2.75) is 37.2 Å². The number of nitrogens with one attached hydrogen (secondary N) is 1. The van der Waals surface area contributed by atoms with Crippen molar-refractivity contribution in [3.8, 4) is 0 Å². The van der Waals surface area contributed by atoms with Crippen LogP contribution in [0, 0.1) is 6.92 Å². The molecule has 2 aliphatic rings. The van der Waals surface area contributed by atoms with Gasteiger partial charge in [0, 0.05) is 36.6 Å². The van der Waals surface area contributed by atoms with Gasteiger partial charge in [-0.3, -0.25) is 9.59 Å². The van der Waals surface area contributed by atoms with Gasteiger partial charge in [0.25, 0.3) is 0 Å². The number of ketones is 1. The standard InChI is InChI=1S/C21H20ClNO3/c1-12-4-3-5-13(8-12)17-10-15(24)11-19(26-2)21(17)16-7-6-14(22)9-18(16)23-20(21)25/h3-9,17,19H,10-11H2,1-2H3,(H,23,25)/t17-,19-,21-/m0/s1. The van der Waals surface area contributed by atoms with Crippen molar-refractivity contribution >= 4 is 29.0 Å². The van der Waals surface area contributed by atoms with E-state index in [9.17, 15) is 9.59 Å². The molecule has 1 saturated carbocycles. The van der Waals surface area contributed by atoms with E-state index >= 15 is 0 Å². The first-order valence-electron chi connectivity index (χ1n) is 8.69. The Balaban J connectivity index is 1.97. The van der Waals surface area contributed by atoms with E-state index in [4.69, 9.17) is 16.3 Å². The van der Waals surface area contributed by atoms with E-state index in [1.807, 2.05) is 31.2 Å². The van der Waals surface area contributed by atoms with Gasteiger partial charge in [-0.15, -0.1) is 0 Å². The van der Waals surface area contributed by atoms with Gasteiger partial charge in [0.05, 0.1) is 6.10 Å². The van der Waals surface area contributed by atoms with Crippen molar-refractivity contribution in [1.82, 2.24) is 0 Å². The van der Waals surface area contributed by atoms with E-state index < -0.39 is 11.5 Å². The summed E-state index contributed by atoms with van der Waals surface area (Å²) in [7, 11) is 1.57. The van der Waals surface area contributed by atoms with Gasteiger partial charge in [0.1, 0.15) is 11.2 Å². The van der Waals surface area contributed by atoms with Gasteiger partial charge in [0.2, 0.25) is 5.91 Å². The molecule has 0 aromatic heterocycles. The Bertz CT molecular complexity index is 910. The van der Waals surface area contributed by atoms with Crippen LogP contribution in [0.4, 0.5) is 5.69 Å². The third-order valence-electron chi connectivity index (χ3n) is 5.68. The van der Waals surface area contributed by atoms with Gasteiger partial charge in [-0.05, 0) is 30.2 Å². The minimum Gasteiger partial charge on any atom is -0.379 e. The number of rotatable bonds is 2. The lowest BCUT2D eigenvalue weighted by Gasteiger charge is -2.44. The van der Waals surface area contributed by atoms with Crippen LogP contribution in [0.1, 0.15) is 35.4 Å². The van der Waals surface area contributed by atoms with E-state index in [1.54, 1.807) is 19.2 Å². The molecule has 4 nitrogen and oxygen atoms in total. The second-order valence-electron chi connectivity index (χ2n) is 7.15. The van der Waals surface area contributed by atoms with Crippen LogP contribution >= 0.6 is 11.6 Å². The fourth-order valence-corrected chi connectivity index (χ4v) is 4.77. The van der Waals surface area contributed by atoms with Crippen LogP contribution in [0.5, 0.6) is 0 Å². The first kappa shape index (κ1) is 17.3. The Labute approximate surface area is 157 Å². The monoisotopic (exact) mass is 369 g/mol. The number of anilines is 1. The molecule has 1 aliphatic heterocycles. The van der Waals surface area contributed by atoms with Crippen LogP contribution in [0.15, 0.2) is 42.5 Å². The number of Topliss-reactive ketones (excluding diaryl/α,β-unsaturated/α-hetero) is 1. The lowest BCUT2D eigenvalue weighted by Crippen LogP contribution is -2.55. The minimum absolute atomic E-state index is 0.115. The zero-order valence-electron chi connectivity index (χ0n) is 14.7. The number of fused-ring (bicyclic) bond motifs is 2. The number of methoxy groups -OCH3 is 1. The van der Waals surface area contributed by atoms with Gasteiger partial charge in [-0.1, -0.05) is 47.5 Å². The first-order chi connectivity index (χ1) is 12.5. The molecule has 0 saturated heterocycles. The van der Waals surface area contributed by atoms with E-state index in [1.165, 1.54) is 0 Å². The Morgan fingerprint density at radius 1 is 1.15 bits per heavy atom. The van der Waals surface area contributed by atoms with Crippen molar-refractivity contribution in [3.05, 3.63) is 64.2 Å². The van der Waals surface area contributed by atoms with Gasteiger partial charge in [-0.25, -0.2) is 0 Å². The zero-order valence-corrected chi connectivity index (χ0v) is 15.5. The van der Waals surface area contributed by atoms with Gasteiger partial charge >= 0.3 is 0 Å². The maximum absolute atomic E-state index is 13.3. The van der Waals surface area contributed by atoms with Crippen LogP contribution in [0.3, 0.4) is 0 Å². The predicted molar refractivity (Wildman–Crippen MR) is 101 cm³/mol. The van der Waals surface area contributed by atoms with Gasteiger partial charge in [-0.2, -0.15) is 0 Å². The lowest BCUT2D eigenvalue weighted by molar-refractivity contribution is -0.137. The number of ether oxygens (including phenoxy) is 1. The van der Waals surface area contributed by atoms with Crippen molar-refractivity contribution in [1.29, 1.82) is 0 Å². The summed E-state index contributed by atoms with van der Waals surface area (Å²) in [6.07, 6.45) is 0.0318. The number of benzene rings is 2. The highest BCUT2D eigenvalue weighted by Gasteiger charge is 2.60. The Hall–Kier alpha value is -2.17. The smallest absolute Gasteiger partial charge is 0.238 e. The zero-order chi connectivity index (χ0) is 18.5. The van der Waals surface area contributed by atoms with E-state index in [2.05, 4.69) is 11.4 Å². The fraction of sp³-hybridized carbons (Fsp3) is 0.333. The summed E-state index contributed by atoms with van der Waals surface area (Å²) in [4.78, 5) is 25.8. The van der Waals surface area contributed by atoms with Crippen LogP contribution in [0.2, 0.25) is 5.02 Å². The molecule has 26 heavy (non-hydrogen) atoms. The molecule has 4 rings (SSSR count). The van der Waals surface area contributed by atoms with Gasteiger partial charge in [0.15, 0.2) is 0 Å². The van der Waals surface area contributed by atoms with Crippen molar-refractivity contribution in [2.24, 2.45) is 0 Å². The molecule has 2 aromatic rings. The highest BCUT2D eigenvalue weighted by molar-refractivity contribution is 6.31. The molecule has 1 spiro atoms. The molecule has 5 heteroatoms. The lowest BCUT2D eigenvalue weighted by atomic mass is 9.59. The molecule has 1 amide bonds. The summed E-state index contributed by atoms with van der Waals surface area (Å²) in [5.41, 5.74) is 2.71. The second-order valence-corrected chi connectivity index (χ2v) is 7.59. The number of aryl methyl sites for hydroxylation is 1. The van der Waals surface area contributed by atoms with E-state index in [0.717, 1.165) is 16.7 Å². The largest absolute Gasteiger partial charge is 0.379 e. The molecule has 1 fully saturated rings. The van der Waals surface area contributed by atoms with E-state index in [-0.39, 0.29) is 24.0 Å². The number of carbonyl (C=O) groups is 2. The molecular formula is C21H20ClNO3. The number of hydrogen-bond acceptors (Lipinski definition) is 3. The Kier molecular flexibility index (Phi) is 4.13. The molecule has 0 radical (unpaired) electrons. The second kappa shape index (κ2) is 6.22. The Morgan fingerprint density at radius 3 is 2.69 bits per heavy atom. The number of carbonyl (C=O) groups excluding carboxylic acids is 2. The fourth-order valence-electron chi connectivity index (χ4n) is 4.60. The average molecular weight is 370 g/mol. The highest BCUT2D eigenvalue weighted by Crippen LogP contribution is 2.55. The van der Waals surface area contributed by atoms with Crippen molar-refractivity contribution in [2.75, 3.05) is 12.4 Å². The highest BCUT2D eigenvalue weighted by atomic mass is 35.5. The molecule has 1 heterocycles. The molecule has 0 bridgehead atoms. The molecule has 1 aliphatic carbocycles.